The zero-order valence-electron chi connectivity index (χ0n) is 11.8. The van der Waals surface area contributed by atoms with Crippen LogP contribution in [0.4, 0.5) is 0 Å². The molecule has 20 heavy (non-hydrogen) atoms. The van der Waals surface area contributed by atoms with Crippen molar-refractivity contribution >= 4 is 15.9 Å². The summed E-state index contributed by atoms with van der Waals surface area (Å²) in [6, 6.07) is 8.16. The molecule has 0 bridgehead atoms. The van der Waals surface area contributed by atoms with Gasteiger partial charge in [-0.15, -0.1) is 0 Å². The second-order valence-electron chi connectivity index (χ2n) is 5.52. The summed E-state index contributed by atoms with van der Waals surface area (Å²) < 4.78 is 24.9. The van der Waals surface area contributed by atoms with Crippen molar-refractivity contribution in [3.63, 3.8) is 0 Å². The molecule has 0 unspecified atom stereocenters. The van der Waals surface area contributed by atoms with Gasteiger partial charge in [-0.3, -0.25) is 4.79 Å². The molecule has 0 aromatic heterocycles. The van der Waals surface area contributed by atoms with Crippen LogP contribution >= 0.6 is 0 Å². The van der Waals surface area contributed by atoms with Crippen molar-refractivity contribution in [3.05, 3.63) is 35.4 Å². The van der Waals surface area contributed by atoms with Crippen LogP contribution in [0.3, 0.4) is 0 Å². The molecule has 1 aromatic rings. The molecule has 0 spiro atoms. The lowest BCUT2D eigenvalue weighted by molar-refractivity contribution is -0.120. The van der Waals surface area contributed by atoms with Crippen LogP contribution in [0.25, 0.3) is 0 Å². The number of benzene rings is 1. The molecular weight excluding hydrogens is 276 g/mol. The van der Waals surface area contributed by atoms with Gasteiger partial charge in [0.15, 0.2) is 0 Å². The summed E-state index contributed by atoms with van der Waals surface area (Å²) >= 11 is 0. The predicted octanol–water partition coefficient (Wildman–Crippen LogP) is 0.599. The maximum absolute atomic E-state index is 11.9. The molecule has 0 saturated heterocycles. The molecule has 2 N–H and O–H groups in total. The molecule has 0 aliphatic heterocycles. The Morgan fingerprint density at radius 2 is 1.95 bits per heavy atom. The molecule has 1 aliphatic carbocycles. The summed E-state index contributed by atoms with van der Waals surface area (Å²) in [5.74, 6) is -0.984. The van der Waals surface area contributed by atoms with Gasteiger partial charge in [0.1, 0.15) is 5.75 Å². The summed E-state index contributed by atoms with van der Waals surface area (Å²) in [7, 11) is -2.21. The molecule has 1 atom stereocenters. The van der Waals surface area contributed by atoms with Gasteiger partial charge in [0.25, 0.3) is 0 Å². The molecule has 0 fully saturated rings. The number of fused-ring (bicyclic) bond motifs is 1. The van der Waals surface area contributed by atoms with Gasteiger partial charge < -0.3 is 5.32 Å². The zero-order valence-corrected chi connectivity index (χ0v) is 12.6. The quantitative estimate of drug-likeness (QED) is 0.854. The maximum Gasteiger partial charge on any atom is 0.237 e. The van der Waals surface area contributed by atoms with Crippen LogP contribution in [-0.2, 0) is 27.7 Å². The third kappa shape index (κ3) is 3.58. The number of carbonyl (C=O) groups excluding carboxylic acids is 1. The Labute approximate surface area is 119 Å². The Morgan fingerprint density at radius 1 is 1.30 bits per heavy atom. The first kappa shape index (κ1) is 15.0. The van der Waals surface area contributed by atoms with Crippen LogP contribution in [0.15, 0.2) is 24.3 Å². The number of nitrogens with one attached hydrogen (secondary N) is 2. The molecule has 0 heterocycles. The summed E-state index contributed by atoms with van der Waals surface area (Å²) in [6.07, 6.45) is 2.44. The van der Waals surface area contributed by atoms with E-state index in [1.165, 1.54) is 18.2 Å². The average Bonchev–Trinajstić information content (AvgIpc) is 2.37. The van der Waals surface area contributed by atoms with Gasteiger partial charge in [-0.05, 0) is 44.4 Å². The van der Waals surface area contributed by atoms with Crippen LogP contribution in [0.5, 0.6) is 0 Å². The lowest BCUT2D eigenvalue weighted by Crippen LogP contribution is -2.51. The fourth-order valence-electron chi connectivity index (χ4n) is 2.62. The highest BCUT2D eigenvalue weighted by atomic mass is 32.2. The summed E-state index contributed by atoms with van der Waals surface area (Å²) in [4.78, 5) is 11.9. The Hall–Kier alpha value is -1.40. The fourth-order valence-corrected chi connectivity index (χ4v) is 3.18. The monoisotopic (exact) mass is 296 g/mol. The molecule has 0 saturated carbocycles. The summed E-state index contributed by atoms with van der Waals surface area (Å²) in [6.45, 7) is 1.97. The van der Waals surface area contributed by atoms with Crippen LogP contribution in [-0.4, -0.2) is 32.7 Å². The molecule has 0 radical (unpaired) electrons. The van der Waals surface area contributed by atoms with E-state index in [4.69, 9.17) is 0 Å². The number of amides is 1. The Bertz CT molecular complexity index is 613. The molecule has 1 aromatic carbocycles. The van der Waals surface area contributed by atoms with E-state index in [-0.39, 0.29) is 5.54 Å². The number of sulfonamides is 1. The van der Waals surface area contributed by atoms with Gasteiger partial charge in [0.2, 0.25) is 15.9 Å². The lowest BCUT2D eigenvalue weighted by Gasteiger charge is -2.35. The highest BCUT2D eigenvalue weighted by Crippen LogP contribution is 2.28. The molecule has 1 amide bonds. The van der Waals surface area contributed by atoms with Crippen LogP contribution in [0.1, 0.15) is 24.5 Å². The van der Waals surface area contributed by atoms with Crippen molar-refractivity contribution in [1.82, 2.24) is 10.0 Å². The predicted molar refractivity (Wildman–Crippen MR) is 77.9 cm³/mol. The molecular formula is C14H20N2O3S. The zero-order chi connectivity index (χ0) is 14.8. The van der Waals surface area contributed by atoms with Crippen LogP contribution in [0, 0.1) is 0 Å². The molecule has 1 aliphatic rings. The van der Waals surface area contributed by atoms with Gasteiger partial charge in [0.05, 0.1) is 0 Å². The number of aryl methyl sites for hydroxylation is 1. The molecule has 2 rings (SSSR count). The van der Waals surface area contributed by atoms with E-state index < -0.39 is 21.7 Å². The van der Waals surface area contributed by atoms with Crippen molar-refractivity contribution in [1.29, 1.82) is 0 Å². The van der Waals surface area contributed by atoms with Crippen molar-refractivity contribution in [3.8, 4) is 0 Å². The van der Waals surface area contributed by atoms with Gasteiger partial charge in [0, 0.05) is 5.54 Å². The average molecular weight is 296 g/mol. The lowest BCUT2D eigenvalue weighted by atomic mass is 9.79. The standard InChI is InChI=1S/C14H20N2O3S/c1-14(16-13(17)10-20(18,19)15-2)8-7-11-5-3-4-6-12(11)9-14/h3-6,15H,7-10H2,1-2H3,(H,16,17)/t14-/m0/s1. The van der Waals surface area contributed by atoms with Crippen molar-refractivity contribution in [2.75, 3.05) is 12.8 Å². The van der Waals surface area contributed by atoms with Gasteiger partial charge in [-0.1, -0.05) is 24.3 Å². The minimum Gasteiger partial charge on any atom is -0.350 e. The molecule has 110 valence electrons. The van der Waals surface area contributed by atoms with Gasteiger partial charge in [-0.2, -0.15) is 0 Å². The first-order valence-electron chi connectivity index (χ1n) is 6.63. The molecule has 6 heteroatoms. The Kier molecular flexibility index (Phi) is 4.15. The van der Waals surface area contributed by atoms with Crippen LogP contribution < -0.4 is 10.0 Å². The first-order valence-corrected chi connectivity index (χ1v) is 8.28. The number of hydrogen-bond donors (Lipinski definition) is 2. The Balaban J connectivity index is 2.05. The number of carbonyl (C=O) groups is 1. The largest absolute Gasteiger partial charge is 0.350 e. The van der Waals surface area contributed by atoms with E-state index in [2.05, 4.69) is 22.2 Å². The van der Waals surface area contributed by atoms with Crippen molar-refractivity contribution in [2.24, 2.45) is 0 Å². The van der Waals surface area contributed by atoms with E-state index in [0.29, 0.717) is 0 Å². The van der Waals surface area contributed by atoms with E-state index in [9.17, 15) is 13.2 Å². The topological polar surface area (TPSA) is 75.3 Å². The van der Waals surface area contributed by atoms with E-state index in [1.54, 1.807) is 0 Å². The van der Waals surface area contributed by atoms with Gasteiger partial charge >= 0.3 is 0 Å². The second kappa shape index (κ2) is 5.54. The number of hydrogen-bond acceptors (Lipinski definition) is 3. The fraction of sp³-hybridized carbons (Fsp3) is 0.500. The normalized spacial score (nSPS) is 22.1. The highest BCUT2D eigenvalue weighted by Gasteiger charge is 2.32. The minimum absolute atomic E-state index is 0.380. The number of rotatable bonds is 4. The first-order chi connectivity index (χ1) is 9.34. The maximum atomic E-state index is 11.9. The SMILES string of the molecule is CNS(=O)(=O)CC(=O)N[C@@]1(C)CCc2ccccc2C1. The minimum atomic E-state index is -3.52. The Morgan fingerprint density at radius 3 is 2.60 bits per heavy atom. The van der Waals surface area contributed by atoms with Crippen LogP contribution in [0.2, 0.25) is 0 Å². The third-order valence-corrected chi connectivity index (χ3v) is 4.98. The smallest absolute Gasteiger partial charge is 0.237 e. The van der Waals surface area contributed by atoms with E-state index >= 15 is 0 Å². The van der Waals surface area contributed by atoms with Crippen molar-refractivity contribution < 1.29 is 13.2 Å². The highest BCUT2D eigenvalue weighted by molar-refractivity contribution is 7.90. The second-order valence-corrected chi connectivity index (χ2v) is 7.44. The van der Waals surface area contributed by atoms with Crippen molar-refractivity contribution in [2.45, 2.75) is 31.7 Å². The third-order valence-electron chi connectivity index (χ3n) is 3.72. The van der Waals surface area contributed by atoms with Gasteiger partial charge in [-0.25, -0.2) is 13.1 Å². The summed E-state index contributed by atoms with van der Waals surface area (Å²) in [5.41, 5.74) is 2.15. The summed E-state index contributed by atoms with van der Waals surface area (Å²) in [5, 5.41) is 2.87. The van der Waals surface area contributed by atoms with E-state index in [0.717, 1.165) is 19.3 Å². The molecule has 5 nitrogen and oxygen atoms in total. The van der Waals surface area contributed by atoms with E-state index in [1.807, 2.05) is 19.1 Å².